The van der Waals surface area contributed by atoms with Crippen molar-refractivity contribution in [2.24, 2.45) is 0 Å². The average molecular weight is 436 g/mol. The third kappa shape index (κ3) is 4.93. The quantitative estimate of drug-likeness (QED) is 0.521. The number of hydrogen-bond acceptors (Lipinski definition) is 6. The second-order valence-electron chi connectivity index (χ2n) is 8.02. The maximum Gasteiger partial charge on any atom is 0.263 e. The monoisotopic (exact) mass is 435 g/mol. The fraction of sp³-hybridized carbons (Fsp3) is 0.400. The number of carbonyl (C=O) groups is 1. The lowest BCUT2D eigenvalue weighted by atomic mass is 9.91. The Hall–Kier alpha value is -3.35. The van der Waals surface area contributed by atoms with Gasteiger partial charge in [-0.3, -0.25) is 4.79 Å². The van der Waals surface area contributed by atoms with Gasteiger partial charge in [0.15, 0.2) is 6.10 Å². The zero-order valence-corrected chi connectivity index (χ0v) is 18.8. The largest absolute Gasteiger partial charge is 0.494 e. The van der Waals surface area contributed by atoms with Gasteiger partial charge in [-0.1, -0.05) is 17.3 Å². The molecule has 0 N–H and O–H groups in total. The van der Waals surface area contributed by atoms with E-state index in [2.05, 4.69) is 16.2 Å². The van der Waals surface area contributed by atoms with E-state index >= 15 is 0 Å². The van der Waals surface area contributed by atoms with Crippen molar-refractivity contribution in [3.05, 3.63) is 59.5 Å². The van der Waals surface area contributed by atoms with E-state index in [1.54, 1.807) is 18.9 Å². The zero-order chi connectivity index (χ0) is 22.5. The Labute approximate surface area is 188 Å². The summed E-state index contributed by atoms with van der Waals surface area (Å²) in [5, 5.41) is 4.04. The number of fused-ring (bicyclic) bond motifs is 1. The van der Waals surface area contributed by atoms with Crippen LogP contribution in [0.4, 0.5) is 0 Å². The molecule has 0 unspecified atom stereocenters. The standard InChI is InChI=1S/C25H29N3O4/c1-4-30-20-14-12-19(13-15-20)24-26-23(32-27-24)16-28(3)25(29)17(2)31-22-11-7-9-18-8-5-6-10-21(18)22/h7,9,11-15,17H,4-6,8,10,16H2,1-3H3/t17-/m0/s1. The fourth-order valence-electron chi connectivity index (χ4n) is 3.99. The van der Waals surface area contributed by atoms with Crippen molar-refractivity contribution in [1.82, 2.24) is 15.0 Å². The number of rotatable bonds is 8. The predicted molar refractivity (Wildman–Crippen MR) is 121 cm³/mol. The number of aromatic nitrogens is 2. The third-order valence-corrected chi connectivity index (χ3v) is 5.64. The summed E-state index contributed by atoms with van der Waals surface area (Å²) in [5.41, 5.74) is 3.38. The van der Waals surface area contributed by atoms with Crippen molar-refractivity contribution < 1.29 is 18.8 Å². The van der Waals surface area contributed by atoms with E-state index < -0.39 is 6.10 Å². The summed E-state index contributed by atoms with van der Waals surface area (Å²) in [6.45, 7) is 4.54. The zero-order valence-electron chi connectivity index (χ0n) is 18.8. The number of hydrogen-bond donors (Lipinski definition) is 0. The maximum atomic E-state index is 12.9. The molecule has 0 aliphatic heterocycles. The molecule has 1 aliphatic rings. The smallest absolute Gasteiger partial charge is 0.263 e. The van der Waals surface area contributed by atoms with Crippen LogP contribution in [0.2, 0.25) is 0 Å². The summed E-state index contributed by atoms with van der Waals surface area (Å²) < 4.78 is 16.9. The molecule has 0 saturated heterocycles. The second kappa shape index (κ2) is 9.85. The summed E-state index contributed by atoms with van der Waals surface area (Å²) in [6, 6.07) is 13.6. The minimum Gasteiger partial charge on any atom is -0.494 e. The van der Waals surface area contributed by atoms with Crippen LogP contribution in [0.15, 0.2) is 47.0 Å². The van der Waals surface area contributed by atoms with Gasteiger partial charge in [-0.25, -0.2) is 0 Å². The second-order valence-corrected chi connectivity index (χ2v) is 8.02. The van der Waals surface area contributed by atoms with E-state index in [4.69, 9.17) is 14.0 Å². The lowest BCUT2D eigenvalue weighted by Crippen LogP contribution is -2.37. The van der Waals surface area contributed by atoms with Crippen molar-refractivity contribution in [2.75, 3.05) is 13.7 Å². The highest BCUT2D eigenvalue weighted by atomic mass is 16.5. The molecule has 0 saturated carbocycles. The van der Waals surface area contributed by atoms with Crippen molar-refractivity contribution in [3.63, 3.8) is 0 Å². The summed E-state index contributed by atoms with van der Waals surface area (Å²) in [5.74, 6) is 2.31. The Morgan fingerprint density at radius 1 is 1.16 bits per heavy atom. The van der Waals surface area contributed by atoms with Crippen LogP contribution in [0.25, 0.3) is 11.4 Å². The van der Waals surface area contributed by atoms with Crippen LogP contribution >= 0.6 is 0 Å². The molecule has 7 heteroatoms. The number of nitrogens with zero attached hydrogens (tertiary/aromatic N) is 3. The van der Waals surface area contributed by atoms with Gasteiger partial charge in [0.2, 0.25) is 11.7 Å². The molecule has 0 spiro atoms. The van der Waals surface area contributed by atoms with Crippen molar-refractivity contribution in [2.45, 2.75) is 52.2 Å². The minimum atomic E-state index is -0.609. The van der Waals surface area contributed by atoms with E-state index in [9.17, 15) is 4.79 Å². The van der Waals surface area contributed by atoms with Crippen LogP contribution in [0.3, 0.4) is 0 Å². The molecule has 168 valence electrons. The van der Waals surface area contributed by atoms with E-state index in [0.717, 1.165) is 36.3 Å². The van der Waals surface area contributed by atoms with Crippen LogP contribution < -0.4 is 9.47 Å². The Bertz CT molecular complexity index is 1060. The first kappa shape index (κ1) is 21.9. The lowest BCUT2D eigenvalue weighted by Gasteiger charge is -2.24. The number of benzene rings is 2. The van der Waals surface area contributed by atoms with Crippen LogP contribution in [0, 0.1) is 0 Å². The van der Waals surface area contributed by atoms with E-state index in [1.165, 1.54) is 17.5 Å². The normalized spacial score (nSPS) is 13.8. The van der Waals surface area contributed by atoms with Crippen LogP contribution in [-0.4, -0.2) is 40.7 Å². The minimum absolute atomic E-state index is 0.140. The highest BCUT2D eigenvalue weighted by Gasteiger charge is 2.23. The molecule has 32 heavy (non-hydrogen) atoms. The number of likely N-dealkylation sites (N-methyl/N-ethyl adjacent to an activating group) is 1. The molecule has 1 aromatic heterocycles. The molecular weight excluding hydrogens is 406 g/mol. The number of carbonyl (C=O) groups excluding carboxylic acids is 1. The Kier molecular flexibility index (Phi) is 6.73. The Morgan fingerprint density at radius 2 is 1.94 bits per heavy atom. The molecule has 0 radical (unpaired) electrons. The molecule has 4 rings (SSSR count). The van der Waals surface area contributed by atoms with Gasteiger partial charge in [-0.05, 0) is 81.0 Å². The lowest BCUT2D eigenvalue weighted by molar-refractivity contribution is -0.137. The van der Waals surface area contributed by atoms with Crippen molar-refractivity contribution >= 4 is 5.91 Å². The number of amides is 1. The molecule has 3 aromatic rings. The molecule has 2 aromatic carbocycles. The molecule has 1 aliphatic carbocycles. The highest BCUT2D eigenvalue weighted by Crippen LogP contribution is 2.30. The van der Waals surface area contributed by atoms with E-state index in [0.29, 0.717) is 18.3 Å². The maximum absolute atomic E-state index is 12.9. The van der Waals surface area contributed by atoms with Crippen LogP contribution in [0.5, 0.6) is 11.5 Å². The van der Waals surface area contributed by atoms with Crippen molar-refractivity contribution in [1.29, 1.82) is 0 Å². The van der Waals surface area contributed by atoms with Gasteiger partial charge in [0.25, 0.3) is 5.91 Å². The summed E-state index contributed by atoms with van der Waals surface area (Å²) in [6.07, 6.45) is 3.82. The Balaban J connectivity index is 1.37. The number of ether oxygens (including phenoxy) is 2. The SMILES string of the molecule is CCOc1ccc(-c2noc(CN(C)C(=O)[C@H](C)Oc3cccc4c3CCCC4)n2)cc1. The van der Waals surface area contributed by atoms with Gasteiger partial charge >= 0.3 is 0 Å². The summed E-state index contributed by atoms with van der Waals surface area (Å²) in [4.78, 5) is 18.9. The van der Waals surface area contributed by atoms with Crippen LogP contribution in [0.1, 0.15) is 43.7 Å². The average Bonchev–Trinajstić information content (AvgIpc) is 3.28. The van der Waals surface area contributed by atoms with Gasteiger partial charge in [0.1, 0.15) is 11.5 Å². The first-order valence-corrected chi connectivity index (χ1v) is 11.1. The topological polar surface area (TPSA) is 77.7 Å². The molecular formula is C25H29N3O4. The highest BCUT2D eigenvalue weighted by molar-refractivity contribution is 5.80. The fourth-order valence-corrected chi connectivity index (χ4v) is 3.99. The molecule has 1 amide bonds. The molecule has 7 nitrogen and oxygen atoms in total. The predicted octanol–water partition coefficient (Wildman–Crippen LogP) is 4.44. The van der Waals surface area contributed by atoms with Gasteiger partial charge in [-0.2, -0.15) is 4.98 Å². The molecule has 0 bridgehead atoms. The van der Waals surface area contributed by atoms with E-state index in [1.807, 2.05) is 43.3 Å². The van der Waals surface area contributed by atoms with E-state index in [-0.39, 0.29) is 12.5 Å². The van der Waals surface area contributed by atoms with Gasteiger partial charge in [-0.15, -0.1) is 0 Å². The Morgan fingerprint density at radius 3 is 2.72 bits per heavy atom. The number of aryl methyl sites for hydroxylation is 1. The molecule has 1 heterocycles. The van der Waals surface area contributed by atoms with Gasteiger partial charge in [0.05, 0.1) is 13.2 Å². The summed E-state index contributed by atoms with van der Waals surface area (Å²) in [7, 11) is 1.71. The first-order valence-electron chi connectivity index (χ1n) is 11.1. The van der Waals surface area contributed by atoms with Crippen molar-refractivity contribution in [3.8, 4) is 22.9 Å². The molecule has 0 fully saturated rings. The first-order chi connectivity index (χ1) is 15.5. The van der Waals surface area contributed by atoms with Crippen LogP contribution in [-0.2, 0) is 24.2 Å². The third-order valence-electron chi connectivity index (χ3n) is 5.64. The van der Waals surface area contributed by atoms with Gasteiger partial charge in [0, 0.05) is 12.6 Å². The molecule has 1 atom stereocenters. The summed E-state index contributed by atoms with van der Waals surface area (Å²) >= 11 is 0. The van der Waals surface area contributed by atoms with Gasteiger partial charge < -0.3 is 18.9 Å².